The Hall–Kier alpha value is -2.50. The van der Waals surface area contributed by atoms with Gasteiger partial charge in [0.2, 0.25) is 5.91 Å². The number of hydrogen-bond donors (Lipinski definition) is 0. The molecule has 1 aromatic carbocycles. The number of methoxy groups -OCH3 is 1. The summed E-state index contributed by atoms with van der Waals surface area (Å²) in [6.45, 7) is 0.887. The monoisotopic (exact) mass is 356 g/mol. The first-order valence-electron chi connectivity index (χ1n) is 9.16. The second-order valence-corrected chi connectivity index (χ2v) is 7.12. The van der Waals surface area contributed by atoms with Crippen molar-refractivity contribution in [2.45, 2.75) is 38.6 Å². The van der Waals surface area contributed by atoms with Crippen LogP contribution in [0.4, 0.5) is 0 Å². The van der Waals surface area contributed by atoms with E-state index < -0.39 is 0 Å². The molecule has 0 radical (unpaired) electrons. The van der Waals surface area contributed by atoms with E-state index in [9.17, 15) is 4.79 Å². The van der Waals surface area contributed by atoms with Crippen molar-refractivity contribution in [2.24, 2.45) is 5.92 Å². The maximum atomic E-state index is 12.9. The van der Waals surface area contributed by atoms with Crippen LogP contribution in [0.15, 0.2) is 22.7 Å². The minimum absolute atomic E-state index is 0.0750. The van der Waals surface area contributed by atoms with Crippen molar-refractivity contribution in [1.29, 1.82) is 0 Å². The Morgan fingerprint density at radius 1 is 1.35 bits per heavy atom. The highest BCUT2D eigenvalue weighted by molar-refractivity contribution is 5.79. The van der Waals surface area contributed by atoms with E-state index in [1.165, 1.54) is 5.56 Å². The SMILES string of the molecule is COc1ccc2c(c1)C[C@H](C(=O)N(C)Cc1noc3c1CCCC3)CO2. The summed E-state index contributed by atoms with van der Waals surface area (Å²) in [5.74, 6) is 2.49. The van der Waals surface area contributed by atoms with E-state index in [4.69, 9.17) is 14.0 Å². The quantitative estimate of drug-likeness (QED) is 0.843. The number of carbonyl (C=O) groups excluding carboxylic acids is 1. The van der Waals surface area contributed by atoms with Crippen LogP contribution in [-0.2, 0) is 30.6 Å². The normalized spacial score (nSPS) is 18.5. The number of aryl methyl sites for hydroxylation is 1. The van der Waals surface area contributed by atoms with E-state index >= 15 is 0 Å². The zero-order valence-electron chi connectivity index (χ0n) is 15.3. The highest BCUT2D eigenvalue weighted by Crippen LogP contribution is 2.31. The topological polar surface area (TPSA) is 64.8 Å². The number of aromatic nitrogens is 1. The standard InChI is InChI=1S/C20H24N2O4/c1-22(11-17-16-5-3-4-6-19(16)26-21-17)20(23)14-9-13-10-15(24-2)7-8-18(13)25-12-14/h7-8,10,14H,3-6,9,11-12H2,1-2H3/t14-/m0/s1. The molecule has 2 heterocycles. The molecule has 138 valence electrons. The van der Waals surface area contributed by atoms with Crippen molar-refractivity contribution in [1.82, 2.24) is 10.1 Å². The highest BCUT2D eigenvalue weighted by Gasteiger charge is 2.30. The largest absolute Gasteiger partial charge is 0.497 e. The highest BCUT2D eigenvalue weighted by atomic mass is 16.5. The number of nitrogens with zero attached hydrogens (tertiary/aromatic N) is 2. The van der Waals surface area contributed by atoms with Crippen LogP contribution in [0.3, 0.4) is 0 Å². The molecule has 0 fully saturated rings. The van der Waals surface area contributed by atoms with Gasteiger partial charge in [0.25, 0.3) is 0 Å². The zero-order chi connectivity index (χ0) is 18.1. The van der Waals surface area contributed by atoms with Gasteiger partial charge in [-0.25, -0.2) is 0 Å². The van der Waals surface area contributed by atoms with Crippen LogP contribution < -0.4 is 9.47 Å². The second-order valence-electron chi connectivity index (χ2n) is 7.12. The molecule has 2 aromatic rings. The summed E-state index contributed by atoms with van der Waals surface area (Å²) < 4.78 is 16.5. The molecule has 1 atom stereocenters. The molecule has 1 amide bonds. The van der Waals surface area contributed by atoms with E-state index in [-0.39, 0.29) is 11.8 Å². The number of amides is 1. The predicted octanol–water partition coefficient (Wildman–Crippen LogP) is 2.77. The number of fused-ring (bicyclic) bond motifs is 2. The van der Waals surface area contributed by atoms with Crippen LogP contribution in [0.5, 0.6) is 11.5 Å². The summed E-state index contributed by atoms with van der Waals surface area (Å²) in [5.41, 5.74) is 3.11. The molecular formula is C20H24N2O4. The van der Waals surface area contributed by atoms with Gasteiger partial charge in [-0.1, -0.05) is 5.16 Å². The van der Waals surface area contributed by atoms with Gasteiger partial charge in [0.1, 0.15) is 29.6 Å². The lowest BCUT2D eigenvalue weighted by Gasteiger charge is -2.28. The summed E-state index contributed by atoms with van der Waals surface area (Å²) in [5, 5.41) is 4.21. The summed E-state index contributed by atoms with van der Waals surface area (Å²) in [4.78, 5) is 14.7. The lowest BCUT2D eigenvalue weighted by Crippen LogP contribution is -2.38. The first-order chi connectivity index (χ1) is 12.7. The molecule has 0 saturated heterocycles. The first-order valence-corrected chi connectivity index (χ1v) is 9.16. The van der Waals surface area contributed by atoms with Crippen LogP contribution in [0.25, 0.3) is 0 Å². The maximum absolute atomic E-state index is 12.9. The molecule has 0 bridgehead atoms. The van der Waals surface area contributed by atoms with Crippen LogP contribution in [0.1, 0.15) is 35.4 Å². The Bertz CT molecular complexity index is 814. The molecule has 0 saturated carbocycles. The van der Waals surface area contributed by atoms with Crippen LogP contribution in [0.2, 0.25) is 0 Å². The molecule has 6 nitrogen and oxygen atoms in total. The number of benzene rings is 1. The zero-order valence-corrected chi connectivity index (χ0v) is 15.3. The van der Waals surface area contributed by atoms with E-state index in [1.54, 1.807) is 12.0 Å². The lowest BCUT2D eigenvalue weighted by atomic mass is 9.94. The molecular weight excluding hydrogens is 332 g/mol. The average Bonchev–Trinajstić information content (AvgIpc) is 3.09. The van der Waals surface area contributed by atoms with Crippen molar-refractivity contribution < 1.29 is 18.8 Å². The average molecular weight is 356 g/mol. The van der Waals surface area contributed by atoms with E-state index in [0.29, 0.717) is 19.6 Å². The van der Waals surface area contributed by atoms with E-state index in [1.807, 2.05) is 25.2 Å². The third-order valence-corrected chi connectivity index (χ3v) is 5.32. The fraction of sp³-hybridized carbons (Fsp3) is 0.500. The Morgan fingerprint density at radius 3 is 3.04 bits per heavy atom. The van der Waals surface area contributed by atoms with Crippen molar-refractivity contribution in [3.63, 3.8) is 0 Å². The number of carbonyl (C=O) groups is 1. The summed E-state index contributed by atoms with van der Waals surface area (Å²) >= 11 is 0. The first kappa shape index (κ1) is 16.9. The van der Waals surface area contributed by atoms with Gasteiger partial charge in [-0.2, -0.15) is 0 Å². The predicted molar refractivity (Wildman–Crippen MR) is 95.3 cm³/mol. The Kier molecular flexibility index (Phi) is 4.57. The van der Waals surface area contributed by atoms with Gasteiger partial charge in [-0.3, -0.25) is 4.79 Å². The summed E-state index contributed by atoms with van der Waals surface area (Å²) in [6, 6.07) is 5.73. The van der Waals surface area contributed by atoms with Crippen LogP contribution in [-0.4, -0.2) is 36.7 Å². The Labute approximate surface area is 153 Å². The van der Waals surface area contributed by atoms with Gasteiger partial charge in [-0.05, 0) is 49.4 Å². The number of hydrogen-bond acceptors (Lipinski definition) is 5. The smallest absolute Gasteiger partial charge is 0.229 e. The van der Waals surface area contributed by atoms with E-state index in [2.05, 4.69) is 5.16 Å². The Morgan fingerprint density at radius 2 is 2.19 bits per heavy atom. The third kappa shape index (κ3) is 3.16. The van der Waals surface area contributed by atoms with Crippen molar-refractivity contribution in [3.05, 3.63) is 40.8 Å². The molecule has 26 heavy (non-hydrogen) atoms. The minimum atomic E-state index is -0.192. The van der Waals surface area contributed by atoms with Gasteiger partial charge in [-0.15, -0.1) is 0 Å². The maximum Gasteiger partial charge on any atom is 0.229 e. The van der Waals surface area contributed by atoms with Crippen molar-refractivity contribution in [3.8, 4) is 11.5 Å². The van der Waals surface area contributed by atoms with Crippen LogP contribution >= 0.6 is 0 Å². The molecule has 0 N–H and O–H groups in total. The van der Waals surface area contributed by atoms with Gasteiger partial charge in [0.15, 0.2) is 0 Å². The number of ether oxygens (including phenoxy) is 2. The molecule has 0 spiro atoms. The number of rotatable bonds is 4. The van der Waals surface area contributed by atoms with Gasteiger partial charge < -0.3 is 18.9 Å². The molecule has 0 unspecified atom stereocenters. The second kappa shape index (κ2) is 7.02. The minimum Gasteiger partial charge on any atom is -0.497 e. The molecule has 6 heteroatoms. The molecule has 1 aliphatic carbocycles. The molecule has 1 aromatic heterocycles. The summed E-state index contributed by atoms with van der Waals surface area (Å²) in [6.07, 6.45) is 4.92. The summed E-state index contributed by atoms with van der Waals surface area (Å²) in [7, 11) is 3.47. The fourth-order valence-electron chi connectivity index (χ4n) is 3.84. The molecule has 1 aliphatic heterocycles. The lowest BCUT2D eigenvalue weighted by molar-refractivity contribution is -0.136. The van der Waals surface area contributed by atoms with Gasteiger partial charge in [0.05, 0.1) is 19.6 Å². The Balaban J connectivity index is 1.45. The van der Waals surface area contributed by atoms with Gasteiger partial charge >= 0.3 is 0 Å². The van der Waals surface area contributed by atoms with Gasteiger partial charge in [0, 0.05) is 19.0 Å². The fourth-order valence-corrected chi connectivity index (χ4v) is 3.84. The van der Waals surface area contributed by atoms with Crippen molar-refractivity contribution >= 4 is 5.91 Å². The van der Waals surface area contributed by atoms with E-state index in [0.717, 1.165) is 54.2 Å². The third-order valence-electron chi connectivity index (χ3n) is 5.32. The molecule has 2 aliphatic rings. The van der Waals surface area contributed by atoms with Crippen molar-refractivity contribution in [2.75, 3.05) is 20.8 Å². The van der Waals surface area contributed by atoms with Crippen LogP contribution in [0, 0.1) is 5.92 Å². The molecule has 4 rings (SSSR count).